The van der Waals surface area contributed by atoms with Gasteiger partial charge in [-0.25, -0.2) is 0 Å². The van der Waals surface area contributed by atoms with E-state index in [1.54, 1.807) is 6.08 Å². The molecule has 0 aliphatic heterocycles. The number of hydrogen-bond acceptors (Lipinski definition) is 1. The lowest BCUT2D eigenvalue weighted by Crippen LogP contribution is -2.02. The van der Waals surface area contributed by atoms with Crippen molar-refractivity contribution in [3.05, 3.63) is 12.7 Å². The summed E-state index contributed by atoms with van der Waals surface area (Å²) in [7, 11) is 0. The van der Waals surface area contributed by atoms with Gasteiger partial charge in [-0.3, -0.25) is 0 Å². The molecule has 1 radical (unpaired) electrons. The van der Waals surface area contributed by atoms with Gasteiger partial charge in [-0.1, -0.05) is 45.0 Å². The maximum Gasteiger partial charge on any atom is 0.131 e. The third-order valence-electron chi connectivity index (χ3n) is 1.22. The first-order chi connectivity index (χ1) is 4.81. The van der Waals surface area contributed by atoms with Crippen LogP contribution in [0.5, 0.6) is 0 Å². The van der Waals surface area contributed by atoms with E-state index in [4.69, 9.17) is 17.4 Å². The summed E-state index contributed by atoms with van der Waals surface area (Å²) in [6.07, 6.45) is 5.19. The molecule has 1 atom stereocenters. The van der Waals surface area contributed by atoms with E-state index >= 15 is 0 Å². The molecule has 10 heavy (non-hydrogen) atoms. The Morgan fingerprint density at radius 2 is 2.50 bits per heavy atom. The molecule has 0 saturated carbocycles. The Morgan fingerprint density at radius 3 is 3.00 bits per heavy atom. The van der Waals surface area contributed by atoms with Crippen LogP contribution in [0.25, 0.3) is 0 Å². The molecule has 1 nitrogen and oxygen atoms in total. The molecular weight excluding hydrogens is 146 g/mol. The predicted molar refractivity (Wildman–Crippen MR) is 47.1 cm³/mol. The van der Waals surface area contributed by atoms with Crippen LogP contribution in [0.4, 0.5) is 0 Å². The maximum absolute atomic E-state index is 5.19. The van der Waals surface area contributed by atoms with Gasteiger partial charge in [-0.2, -0.15) is 0 Å². The van der Waals surface area contributed by atoms with Crippen molar-refractivity contribution in [3.63, 3.8) is 0 Å². The van der Waals surface area contributed by atoms with Gasteiger partial charge in [0.05, 0.1) is 0 Å². The van der Waals surface area contributed by atoms with Gasteiger partial charge < -0.3 is 4.74 Å². The molecule has 59 valence electrons. The maximum atomic E-state index is 5.19. The van der Waals surface area contributed by atoms with Gasteiger partial charge in [0, 0.05) is 6.61 Å². The number of hydrogen-bond donors (Lipinski definition) is 0. The Balaban J connectivity index is 2.95. The minimum Gasteiger partial charge on any atom is -0.363 e. The first-order valence-electron chi connectivity index (χ1n) is 3.71. The highest BCUT2D eigenvalue weighted by Gasteiger charge is 1.94. The van der Waals surface area contributed by atoms with Gasteiger partial charge >= 0.3 is 0 Å². The van der Waals surface area contributed by atoms with Crippen molar-refractivity contribution in [2.45, 2.75) is 31.6 Å². The van der Waals surface area contributed by atoms with Crippen molar-refractivity contribution in [2.75, 3.05) is 6.61 Å². The summed E-state index contributed by atoms with van der Waals surface area (Å²) >= 11 is 4.85. The highest BCUT2D eigenvalue weighted by molar-refractivity contribution is 7.80. The van der Waals surface area contributed by atoms with Gasteiger partial charge in [0.15, 0.2) is 0 Å². The second-order valence-corrected chi connectivity index (χ2v) is 2.65. The van der Waals surface area contributed by atoms with E-state index in [0.717, 1.165) is 13.0 Å². The second kappa shape index (κ2) is 7.16. The molecule has 0 aromatic rings. The fourth-order valence-electron chi connectivity index (χ4n) is 0.620. The summed E-state index contributed by atoms with van der Waals surface area (Å²) in [5, 5.41) is 0. The predicted octanol–water partition coefficient (Wildman–Crippen LogP) is 2.90. The molecule has 0 heterocycles. The molecule has 0 bridgehead atoms. The standard InChI is InChI=1S/C8H15OS/c1-3-5-6-7-9-8(10)4-2/h4,8H,2-3,5-7H2,1H3/i7+2. The lowest BCUT2D eigenvalue weighted by Gasteiger charge is -2.04. The smallest absolute Gasteiger partial charge is 0.131 e. The SMILES string of the molecule is C=CC([S])O[14CH2]CCCC. The van der Waals surface area contributed by atoms with Crippen LogP contribution in [0.3, 0.4) is 0 Å². The van der Waals surface area contributed by atoms with Crippen molar-refractivity contribution >= 4 is 12.6 Å². The highest BCUT2D eigenvalue weighted by atomic mass is 32.1. The number of ether oxygens (including phenoxy) is 1. The molecule has 0 spiro atoms. The van der Waals surface area contributed by atoms with Crippen LogP contribution in [-0.4, -0.2) is 12.0 Å². The topological polar surface area (TPSA) is 9.23 Å². The zero-order valence-corrected chi connectivity index (χ0v) is 7.32. The zero-order valence-electron chi connectivity index (χ0n) is 6.51. The zero-order chi connectivity index (χ0) is 7.82. The van der Waals surface area contributed by atoms with Gasteiger partial charge in [0.25, 0.3) is 0 Å². The van der Waals surface area contributed by atoms with Crippen LogP contribution >= 0.6 is 12.6 Å². The van der Waals surface area contributed by atoms with Crippen molar-refractivity contribution < 1.29 is 4.74 Å². The third kappa shape index (κ3) is 6.17. The number of unbranched alkanes of at least 4 members (excludes halogenated alkanes) is 2. The van der Waals surface area contributed by atoms with Gasteiger partial charge in [-0.05, 0) is 6.42 Å². The summed E-state index contributed by atoms with van der Waals surface area (Å²) in [6, 6.07) is 0. The average molecular weight is 161 g/mol. The van der Waals surface area contributed by atoms with Crippen molar-refractivity contribution in [1.82, 2.24) is 0 Å². The molecule has 0 aromatic heterocycles. The summed E-state index contributed by atoms with van der Waals surface area (Å²) in [4.78, 5) is 0. The molecule has 1 unspecified atom stereocenters. The molecular formula is C8H15OS. The Kier molecular flexibility index (Phi) is 7.20. The van der Waals surface area contributed by atoms with E-state index in [-0.39, 0.29) is 5.44 Å². The molecule has 0 fully saturated rings. The van der Waals surface area contributed by atoms with Crippen LogP contribution in [0.2, 0.25) is 0 Å². The third-order valence-corrected chi connectivity index (χ3v) is 1.55. The van der Waals surface area contributed by atoms with Gasteiger partial charge in [-0.15, -0.1) is 0 Å². The first-order valence-corrected chi connectivity index (χ1v) is 4.18. The summed E-state index contributed by atoms with van der Waals surface area (Å²) in [6.45, 7) is 6.47. The Hall–Kier alpha value is 0.0500. The Bertz CT molecular complexity index is 83.3. The van der Waals surface area contributed by atoms with Crippen LogP contribution in [-0.2, 0) is 4.74 Å². The monoisotopic (exact) mass is 161 g/mol. The summed E-state index contributed by atoms with van der Waals surface area (Å²) < 4.78 is 5.19. The molecule has 0 saturated heterocycles. The molecule has 0 amide bonds. The lowest BCUT2D eigenvalue weighted by atomic mass is 10.3. The van der Waals surface area contributed by atoms with Crippen molar-refractivity contribution in [1.29, 1.82) is 0 Å². The molecule has 0 aromatic carbocycles. The summed E-state index contributed by atoms with van der Waals surface area (Å²) in [5.41, 5.74) is -0.197. The number of rotatable bonds is 6. The van der Waals surface area contributed by atoms with Crippen molar-refractivity contribution in [3.8, 4) is 0 Å². The molecule has 2 heteroatoms. The quantitative estimate of drug-likeness (QED) is 0.430. The molecule has 0 aliphatic rings. The molecule has 0 aliphatic carbocycles. The summed E-state index contributed by atoms with van der Waals surface area (Å²) in [5.74, 6) is 0. The van der Waals surface area contributed by atoms with E-state index in [9.17, 15) is 0 Å². The minimum absolute atomic E-state index is 0.197. The van der Waals surface area contributed by atoms with Crippen LogP contribution < -0.4 is 0 Å². The van der Waals surface area contributed by atoms with Gasteiger partial charge in [0.1, 0.15) is 5.44 Å². The van der Waals surface area contributed by atoms with Crippen LogP contribution in [0.15, 0.2) is 12.7 Å². The van der Waals surface area contributed by atoms with Gasteiger partial charge in [0.2, 0.25) is 0 Å². The van der Waals surface area contributed by atoms with E-state index in [1.165, 1.54) is 12.8 Å². The fourth-order valence-corrected chi connectivity index (χ4v) is 0.716. The first kappa shape index (κ1) is 10.0. The largest absolute Gasteiger partial charge is 0.363 e. The second-order valence-electron chi connectivity index (χ2n) is 2.18. The highest BCUT2D eigenvalue weighted by Crippen LogP contribution is 2.01. The van der Waals surface area contributed by atoms with Crippen LogP contribution in [0.1, 0.15) is 26.2 Å². The minimum atomic E-state index is -0.197. The Labute approximate surface area is 68.9 Å². The van der Waals surface area contributed by atoms with Crippen LogP contribution in [0, 0.1) is 0 Å². The van der Waals surface area contributed by atoms with E-state index in [1.807, 2.05) is 0 Å². The van der Waals surface area contributed by atoms with Crippen molar-refractivity contribution in [2.24, 2.45) is 0 Å². The van der Waals surface area contributed by atoms with E-state index < -0.39 is 0 Å². The normalized spacial score (nSPS) is 13.0. The Morgan fingerprint density at radius 1 is 1.80 bits per heavy atom. The van der Waals surface area contributed by atoms with E-state index in [0.29, 0.717) is 0 Å². The fraction of sp³-hybridized carbons (Fsp3) is 0.750. The average Bonchev–Trinajstić information content (AvgIpc) is 1.98. The molecule has 0 rings (SSSR count). The lowest BCUT2D eigenvalue weighted by molar-refractivity contribution is 0.137. The van der Waals surface area contributed by atoms with E-state index in [2.05, 4.69) is 13.5 Å². The molecule has 0 N–H and O–H groups in total.